The lowest BCUT2D eigenvalue weighted by Crippen LogP contribution is -2.76. The molecule has 1 aromatic carbocycles. The number of amides is 2. The number of aliphatic carboxylic acids is 1. The number of carboxylic acids is 1. The molecule has 0 aliphatic carbocycles. The lowest BCUT2D eigenvalue weighted by atomic mass is 10.0. The second-order valence-corrected chi connectivity index (χ2v) is 8.66. The van der Waals surface area contributed by atoms with Gasteiger partial charge in [0.1, 0.15) is 17.5 Å². The van der Waals surface area contributed by atoms with Gasteiger partial charge in [0, 0.05) is 5.57 Å². The number of sulfone groups is 1. The van der Waals surface area contributed by atoms with Crippen LogP contribution in [0.4, 0.5) is 4.79 Å². The molecule has 0 spiro atoms. The number of carbonyl (C=O) groups excluding carboxylic acids is 3. The van der Waals surface area contributed by atoms with Crippen LogP contribution in [0.1, 0.15) is 6.92 Å². The predicted molar refractivity (Wildman–Crippen MR) is 101 cm³/mol. The van der Waals surface area contributed by atoms with E-state index >= 15 is 0 Å². The first kappa shape index (κ1) is 22.1. The summed E-state index contributed by atoms with van der Waals surface area (Å²) < 4.78 is 40.3. The number of rotatable bonds is 6. The highest BCUT2D eigenvalue weighted by Crippen LogP contribution is 2.40. The molecule has 0 bridgehead atoms. The molecule has 2 aliphatic rings. The van der Waals surface area contributed by atoms with Crippen LogP contribution in [-0.4, -0.2) is 72.9 Å². The standard InChI is InChI=1S/C18H18N2O10S/c1-9-13(16(23)24)20-14(22)12(15(20)31(26,27)17(9)30-18(25)28-2)19-11(21)8-29-10-6-4-3-5-7-10/h3-7,12,15,17H,8H2,1-2H3,(H,19,21)(H,23,24)/t12?,15-,17+/m0/s1. The number of nitrogens with one attached hydrogen (secondary N) is 1. The summed E-state index contributed by atoms with van der Waals surface area (Å²) in [6.07, 6.45) is -1.35. The second kappa shape index (κ2) is 8.26. The van der Waals surface area contributed by atoms with Crippen molar-refractivity contribution in [3.05, 3.63) is 41.6 Å². The topological polar surface area (TPSA) is 166 Å². The molecule has 1 aromatic rings. The predicted octanol–water partition coefficient (Wildman–Crippen LogP) is -0.385. The maximum absolute atomic E-state index is 13.0. The van der Waals surface area contributed by atoms with Crippen molar-refractivity contribution in [2.45, 2.75) is 23.8 Å². The molecule has 12 nitrogen and oxygen atoms in total. The molecule has 3 atom stereocenters. The zero-order valence-corrected chi connectivity index (χ0v) is 17.1. The quantitative estimate of drug-likeness (QED) is 0.427. The summed E-state index contributed by atoms with van der Waals surface area (Å²) in [6, 6.07) is 6.71. The Hall–Kier alpha value is -3.61. The van der Waals surface area contributed by atoms with Crippen LogP contribution in [-0.2, 0) is 33.7 Å². The minimum atomic E-state index is -4.47. The van der Waals surface area contributed by atoms with E-state index in [1.165, 1.54) is 0 Å². The molecule has 1 saturated heterocycles. The molecule has 13 heteroatoms. The molecule has 1 unspecified atom stereocenters. The number of para-hydroxylation sites is 1. The average Bonchev–Trinajstić information content (AvgIpc) is 2.73. The van der Waals surface area contributed by atoms with Gasteiger partial charge >= 0.3 is 12.1 Å². The summed E-state index contributed by atoms with van der Waals surface area (Å²) in [4.78, 5) is 48.4. The number of nitrogens with zero attached hydrogens (tertiary/aromatic N) is 1. The molecule has 166 valence electrons. The highest BCUT2D eigenvalue weighted by Gasteiger charge is 2.64. The number of hydrogen-bond donors (Lipinski definition) is 2. The third-order valence-electron chi connectivity index (χ3n) is 4.65. The molecule has 31 heavy (non-hydrogen) atoms. The van der Waals surface area contributed by atoms with E-state index in [1.807, 2.05) is 0 Å². The summed E-state index contributed by atoms with van der Waals surface area (Å²) in [6.45, 7) is 0.598. The van der Waals surface area contributed by atoms with Gasteiger partial charge in [-0.05, 0) is 19.1 Å². The minimum absolute atomic E-state index is 0.375. The van der Waals surface area contributed by atoms with Gasteiger partial charge in [-0.2, -0.15) is 0 Å². The van der Waals surface area contributed by atoms with Crippen LogP contribution in [0.5, 0.6) is 5.75 Å². The van der Waals surface area contributed by atoms with E-state index in [-0.39, 0.29) is 5.57 Å². The second-order valence-electron chi connectivity index (χ2n) is 6.58. The zero-order valence-electron chi connectivity index (χ0n) is 16.3. The van der Waals surface area contributed by atoms with Crippen LogP contribution in [0, 0.1) is 0 Å². The molecule has 2 aliphatic heterocycles. The van der Waals surface area contributed by atoms with Crippen LogP contribution < -0.4 is 10.1 Å². The molecule has 2 N–H and O–H groups in total. The van der Waals surface area contributed by atoms with Gasteiger partial charge in [0.05, 0.1) is 7.11 Å². The fourth-order valence-electron chi connectivity index (χ4n) is 3.29. The van der Waals surface area contributed by atoms with Crippen molar-refractivity contribution in [2.24, 2.45) is 0 Å². The molecule has 0 aromatic heterocycles. The Balaban J connectivity index is 1.84. The van der Waals surface area contributed by atoms with Crippen LogP contribution >= 0.6 is 0 Å². The third-order valence-corrected chi connectivity index (χ3v) is 6.85. The van der Waals surface area contributed by atoms with E-state index in [0.29, 0.717) is 10.6 Å². The zero-order chi connectivity index (χ0) is 22.9. The van der Waals surface area contributed by atoms with E-state index < -0.39 is 62.9 Å². The largest absolute Gasteiger partial charge is 0.509 e. The van der Waals surface area contributed by atoms with Crippen molar-refractivity contribution in [1.82, 2.24) is 10.2 Å². The van der Waals surface area contributed by atoms with Crippen LogP contribution in [0.15, 0.2) is 41.6 Å². The number of fused-ring (bicyclic) bond motifs is 1. The molecule has 0 saturated carbocycles. The first-order valence-corrected chi connectivity index (χ1v) is 10.4. The van der Waals surface area contributed by atoms with Crippen molar-refractivity contribution in [3.8, 4) is 5.75 Å². The Bertz CT molecular complexity index is 1070. The SMILES string of the molecule is COC(=O)O[C@H]1C(C)=C(C(=O)O)N2C(=O)C(NC(=O)COc3ccccc3)[C@@H]2S1(=O)=O. The third kappa shape index (κ3) is 3.91. The molecular weight excluding hydrogens is 436 g/mol. The molecule has 2 heterocycles. The van der Waals surface area contributed by atoms with Gasteiger partial charge in [0.15, 0.2) is 12.0 Å². The van der Waals surface area contributed by atoms with Gasteiger partial charge in [-0.15, -0.1) is 0 Å². The molecular formula is C18H18N2O10S. The Morgan fingerprint density at radius 3 is 2.42 bits per heavy atom. The number of hydrogen-bond acceptors (Lipinski definition) is 9. The Kier molecular flexibility index (Phi) is 5.88. The minimum Gasteiger partial charge on any atom is -0.484 e. The summed E-state index contributed by atoms with van der Waals surface area (Å²) >= 11 is 0. The van der Waals surface area contributed by atoms with Gasteiger partial charge < -0.3 is 24.6 Å². The van der Waals surface area contributed by atoms with Gasteiger partial charge in [-0.3, -0.25) is 14.5 Å². The fourth-order valence-corrected chi connectivity index (χ4v) is 5.43. The number of β-lactam (4-membered cyclic amide) rings is 1. The Morgan fingerprint density at radius 1 is 1.19 bits per heavy atom. The lowest BCUT2D eigenvalue weighted by molar-refractivity contribution is -0.151. The molecule has 2 amide bonds. The summed E-state index contributed by atoms with van der Waals surface area (Å²) in [5, 5.41) is 9.94. The summed E-state index contributed by atoms with van der Waals surface area (Å²) in [5.41, 5.74) is -3.02. The van der Waals surface area contributed by atoms with Gasteiger partial charge in [0.25, 0.3) is 11.8 Å². The molecule has 1 fully saturated rings. The van der Waals surface area contributed by atoms with Crippen LogP contribution in [0.25, 0.3) is 0 Å². The molecule has 0 radical (unpaired) electrons. The summed E-state index contributed by atoms with van der Waals surface area (Å²) in [5.74, 6) is -2.95. The number of benzene rings is 1. The van der Waals surface area contributed by atoms with Gasteiger partial charge in [-0.25, -0.2) is 18.0 Å². The van der Waals surface area contributed by atoms with Crippen molar-refractivity contribution < 1.29 is 46.9 Å². The van der Waals surface area contributed by atoms with E-state index in [2.05, 4.69) is 10.1 Å². The highest BCUT2D eigenvalue weighted by molar-refractivity contribution is 7.93. The van der Waals surface area contributed by atoms with E-state index in [4.69, 9.17) is 9.47 Å². The monoisotopic (exact) mass is 454 g/mol. The number of methoxy groups -OCH3 is 1. The van der Waals surface area contributed by atoms with E-state index in [9.17, 15) is 32.7 Å². The smallest absolute Gasteiger partial charge is 0.484 e. The van der Waals surface area contributed by atoms with Crippen molar-refractivity contribution in [2.75, 3.05) is 13.7 Å². The maximum atomic E-state index is 13.0. The fraction of sp³-hybridized carbons (Fsp3) is 0.333. The number of carboxylic acid groups (broad SMARTS) is 1. The summed E-state index contributed by atoms with van der Waals surface area (Å²) in [7, 11) is -3.53. The highest BCUT2D eigenvalue weighted by atomic mass is 32.2. The van der Waals surface area contributed by atoms with Gasteiger partial charge in [-0.1, -0.05) is 18.2 Å². The van der Waals surface area contributed by atoms with Gasteiger partial charge in [0.2, 0.25) is 15.3 Å². The van der Waals surface area contributed by atoms with E-state index in [0.717, 1.165) is 14.0 Å². The lowest BCUT2D eigenvalue weighted by Gasteiger charge is -2.50. The Labute approximate surface area is 176 Å². The number of carbonyl (C=O) groups is 4. The Morgan fingerprint density at radius 2 is 1.84 bits per heavy atom. The molecule has 3 rings (SSSR count). The van der Waals surface area contributed by atoms with Crippen molar-refractivity contribution in [3.63, 3.8) is 0 Å². The van der Waals surface area contributed by atoms with Crippen molar-refractivity contribution in [1.29, 1.82) is 0 Å². The normalized spacial score (nSPS) is 23.9. The van der Waals surface area contributed by atoms with E-state index in [1.54, 1.807) is 30.3 Å². The van der Waals surface area contributed by atoms with Crippen LogP contribution in [0.3, 0.4) is 0 Å². The van der Waals surface area contributed by atoms with Crippen molar-refractivity contribution >= 4 is 33.8 Å². The first-order chi connectivity index (χ1) is 14.6. The maximum Gasteiger partial charge on any atom is 0.509 e. The average molecular weight is 454 g/mol. The first-order valence-electron chi connectivity index (χ1n) is 8.81. The number of ether oxygens (including phenoxy) is 3. The van der Waals surface area contributed by atoms with Crippen LogP contribution in [0.2, 0.25) is 0 Å².